The first-order valence-electron chi connectivity index (χ1n) is 7.30. The van der Waals surface area contributed by atoms with Gasteiger partial charge < -0.3 is 10.0 Å². The van der Waals surface area contributed by atoms with Crippen LogP contribution in [0.2, 0.25) is 0 Å². The summed E-state index contributed by atoms with van der Waals surface area (Å²) in [7, 11) is 0. The van der Waals surface area contributed by atoms with Crippen molar-refractivity contribution in [2.24, 2.45) is 5.92 Å². The minimum absolute atomic E-state index is 0.0481. The highest BCUT2D eigenvalue weighted by atomic mass is 16.4. The third-order valence-corrected chi connectivity index (χ3v) is 3.89. The zero-order chi connectivity index (χ0) is 15.4. The number of carbonyl (C=O) groups excluding carboxylic acids is 1. The number of carboxylic acids is 1. The van der Waals surface area contributed by atoms with E-state index in [1.807, 2.05) is 13.8 Å². The SMILES string of the molecule is CC(C)c1ncncc1C(=O)N1CCC(CC(=O)O)CC1. The lowest BCUT2D eigenvalue weighted by Crippen LogP contribution is -2.39. The topological polar surface area (TPSA) is 83.4 Å². The largest absolute Gasteiger partial charge is 0.481 e. The van der Waals surface area contributed by atoms with Crippen molar-refractivity contribution in [3.63, 3.8) is 0 Å². The van der Waals surface area contributed by atoms with Crippen molar-refractivity contribution < 1.29 is 14.7 Å². The van der Waals surface area contributed by atoms with Gasteiger partial charge in [0.25, 0.3) is 5.91 Å². The summed E-state index contributed by atoms with van der Waals surface area (Å²) in [5.41, 5.74) is 1.33. The summed E-state index contributed by atoms with van der Waals surface area (Å²) in [5, 5.41) is 8.82. The molecular weight excluding hydrogens is 270 g/mol. The first-order valence-corrected chi connectivity index (χ1v) is 7.30. The minimum Gasteiger partial charge on any atom is -0.481 e. The summed E-state index contributed by atoms with van der Waals surface area (Å²) in [6, 6.07) is 0. The van der Waals surface area contributed by atoms with E-state index in [4.69, 9.17) is 5.11 Å². The van der Waals surface area contributed by atoms with E-state index in [2.05, 4.69) is 9.97 Å². The number of carboxylic acid groups (broad SMARTS) is 1. The summed E-state index contributed by atoms with van der Waals surface area (Å²) in [5.74, 6) is -0.481. The zero-order valence-corrected chi connectivity index (χ0v) is 12.5. The first-order chi connectivity index (χ1) is 9.99. The Balaban J connectivity index is 2.04. The van der Waals surface area contributed by atoms with Gasteiger partial charge in [0.1, 0.15) is 6.33 Å². The quantitative estimate of drug-likeness (QED) is 0.916. The molecule has 1 N–H and O–H groups in total. The van der Waals surface area contributed by atoms with Crippen molar-refractivity contribution in [2.75, 3.05) is 13.1 Å². The number of piperidine rings is 1. The third-order valence-electron chi connectivity index (χ3n) is 3.89. The van der Waals surface area contributed by atoms with E-state index in [0.717, 1.165) is 18.5 Å². The maximum atomic E-state index is 12.6. The van der Waals surface area contributed by atoms with E-state index >= 15 is 0 Å². The van der Waals surface area contributed by atoms with E-state index in [1.54, 1.807) is 11.1 Å². The van der Waals surface area contributed by atoms with Crippen LogP contribution < -0.4 is 0 Å². The lowest BCUT2D eigenvalue weighted by molar-refractivity contribution is -0.138. The van der Waals surface area contributed by atoms with Gasteiger partial charge in [-0.15, -0.1) is 0 Å². The van der Waals surface area contributed by atoms with Crippen LogP contribution in [0, 0.1) is 5.92 Å². The molecule has 2 heterocycles. The monoisotopic (exact) mass is 291 g/mol. The van der Waals surface area contributed by atoms with Crippen molar-refractivity contribution in [1.82, 2.24) is 14.9 Å². The second kappa shape index (κ2) is 6.65. The molecule has 0 unspecified atom stereocenters. The minimum atomic E-state index is -0.765. The van der Waals surface area contributed by atoms with E-state index in [1.165, 1.54) is 6.33 Å². The average molecular weight is 291 g/mol. The molecule has 6 nitrogen and oxygen atoms in total. The Hall–Kier alpha value is -1.98. The van der Waals surface area contributed by atoms with Crippen LogP contribution in [0.5, 0.6) is 0 Å². The normalized spacial score (nSPS) is 16.2. The molecule has 1 saturated heterocycles. The third kappa shape index (κ3) is 3.77. The summed E-state index contributed by atoms with van der Waals surface area (Å²) < 4.78 is 0. The van der Waals surface area contributed by atoms with Crippen LogP contribution in [-0.4, -0.2) is 44.9 Å². The molecule has 0 radical (unpaired) electrons. The fourth-order valence-electron chi connectivity index (χ4n) is 2.72. The van der Waals surface area contributed by atoms with E-state index in [-0.39, 0.29) is 24.2 Å². The molecule has 0 aliphatic carbocycles. The smallest absolute Gasteiger partial charge is 0.303 e. The number of amides is 1. The number of aromatic nitrogens is 2. The Morgan fingerprint density at radius 1 is 1.38 bits per heavy atom. The second-order valence-electron chi connectivity index (χ2n) is 5.81. The van der Waals surface area contributed by atoms with Gasteiger partial charge in [-0.05, 0) is 24.7 Å². The van der Waals surface area contributed by atoms with Crippen LogP contribution in [0.3, 0.4) is 0 Å². The molecule has 0 bridgehead atoms. The molecule has 21 heavy (non-hydrogen) atoms. The Morgan fingerprint density at radius 2 is 2.05 bits per heavy atom. The molecule has 0 atom stereocenters. The molecular formula is C15H21N3O3. The number of hydrogen-bond donors (Lipinski definition) is 1. The van der Waals surface area contributed by atoms with Crippen LogP contribution in [-0.2, 0) is 4.79 Å². The van der Waals surface area contributed by atoms with Gasteiger partial charge >= 0.3 is 5.97 Å². The molecule has 2 rings (SSSR count). The molecule has 0 saturated carbocycles. The number of hydrogen-bond acceptors (Lipinski definition) is 4. The summed E-state index contributed by atoms with van der Waals surface area (Å²) >= 11 is 0. The zero-order valence-electron chi connectivity index (χ0n) is 12.5. The maximum absolute atomic E-state index is 12.6. The van der Waals surface area contributed by atoms with Gasteiger partial charge in [-0.1, -0.05) is 13.8 Å². The fourth-order valence-corrected chi connectivity index (χ4v) is 2.72. The van der Waals surface area contributed by atoms with E-state index in [9.17, 15) is 9.59 Å². The van der Waals surface area contributed by atoms with Gasteiger partial charge in [-0.2, -0.15) is 0 Å². The summed E-state index contributed by atoms with van der Waals surface area (Å²) in [4.78, 5) is 33.3. The average Bonchev–Trinajstić information content (AvgIpc) is 2.46. The second-order valence-corrected chi connectivity index (χ2v) is 5.81. The van der Waals surface area contributed by atoms with Crippen LogP contribution in [0.1, 0.15) is 55.1 Å². The Morgan fingerprint density at radius 3 is 2.62 bits per heavy atom. The van der Waals surface area contributed by atoms with Crippen LogP contribution >= 0.6 is 0 Å². The van der Waals surface area contributed by atoms with Gasteiger partial charge in [0, 0.05) is 25.7 Å². The Kier molecular flexibility index (Phi) is 4.88. The van der Waals surface area contributed by atoms with Gasteiger partial charge in [0.2, 0.25) is 0 Å². The highest BCUT2D eigenvalue weighted by Crippen LogP contribution is 2.23. The predicted molar refractivity (Wildman–Crippen MR) is 77.0 cm³/mol. The van der Waals surface area contributed by atoms with Gasteiger partial charge in [0.15, 0.2) is 0 Å². The number of aliphatic carboxylic acids is 1. The van der Waals surface area contributed by atoms with Crippen LogP contribution in [0.25, 0.3) is 0 Å². The van der Waals surface area contributed by atoms with Crippen molar-refractivity contribution >= 4 is 11.9 Å². The lowest BCUT2D eigenvalue weighted by Gasteiger charge is -2.31. The molecule has 1 aromatic heterocycles. The van der Waals surface area contributed by atoms with Crippen molar-refractivity contribution in [3.8, 4) is 0 Å². The number of likely N-dealkylation sites (tertiary alicyclic amines) is 1. The molecule has 0 spiro atoms. The van der Waals surface area contributed by atoms with Gasteiger partial charge in [-0.25, -0.2) is 9.97 Å². The Labute approximate surface area is 124 Å². The van der Waals surface area contributed by atoms with E-state index < -0.39 is 5.97 Å². The standard InChI is InChI=1S/C15H21N3O3/c1-10(2)14-12(8-16-9-17-14)15(21)18-5-3-11(4-6-18)7-13(19)20/h8-11H,3-7H2,1-2H3,(H,19,20). The number of nitrogens with zero attached hydrogens (tertiary/aromatic N) is 3. The molecule has 114 valence electrons. The van der Waals surface area contributed by atoms with Gasteiger partial charge in [0.05, 0.1) is 11.3 Å². The number of rotatable bonds is 4. The molecule has 1 fully saturated rings. The fraction of sp³-hybridized carbons (Fsp3) is 0.600. The first kappa shape index (κ1) is 15.4. The van der Waals surface area contributed by atoms with Crippen molar-refractivity contribution in [1.29, 1.82) is 0 Å². The molecule has 1 aliphatic rings. The predicted octanol–water partition coefficient (Wildman–Crippen LogP) is 1.93. The molecule has 0 aromatic carbocycles. The van der Waals surface area contributed by atoms with Crippen LogP contribution in [0.4, 0.5) is 0 Å². The van der Waals surface area contributed by atoms with Crippen molar-refractivity contribution in [2.45, 2.75) is 39.0 Å². The Bertz CT molecular complexity index is 523. The summed E-state index contributed by atoms with van der Waals surface area (Å²) in [6.45, 7) is 5.20. The molecule has 1 amide bonds. The highest BCUT2D eigenvalue weighted by molar-refractivity contribution is 5.95. The number of carbonyl (C=O) groups is 2. The summed E-state index contributed by atoms with van der Waals surface area (Å²) in [6.07, 6.45) is 4.71. The van der Waals surface area contributed by atoms with E-state index in [0.29, 0.717) is 18.7 Å². The van der Waals surface area contributed by atoms with Gasteiger partial charge in [-0.3, -0.25) is 9.59 Å². The highest BCUT2D eigenvalue weighted by Gasteiger charge is 2.27. The van der Waals surface area contributed by atoms with Crippen LogP contribution in [0.15, 0.2) is 12.5 Å². The molecule has 1 aromatic rings. The molecule has 6 heteroatoms. The maximum Gasteiger partial charge on any atom is 0.303 e. The lowest BCUT2D eigenvalue weighted by atomic mass is 9.93. The molecule has 1 aliphatic heterocycles. The van der Waals surface area contributed by atoms with Crippen molar-refractivity contribution in [3.05, 3.63) is 23.8 Å².